The van der Waals surface area contributed by atoms with Crippen molar-refractivity contribution in [1.82, 2.24) is 15.0 Å². The first-order chi connectivity index (χ1) is 9.74. The maximum atomic E-state index is 4.65. The number of hydrogen-bond acceptors (Lipinski definition) is 4. The van der Waals surface area contributed by atoms with E-state index in [1.807, 2.05) is 36.4 Å². The molecular formula is C16H16N4. The molecule has 0 radical (unpaired) electrons. The Kier molecular flexibility index (Phi) is 3.29. The van der Waals surface area contributed by atoms with Crippen molar-refractivity contribution in [3.05, 3.63) is 54.6 Å². The SMILES string of the molecule is CC(C)c1nc(Nc2ccccc2)c2ccncc2n1. The van der Waals surface area contributed by atoms with Gasteiger partial charge >= 0.3 is 0 Å². The smallest absolute Gasteiger partial charge is 0.142 e. The molecule has 0 bridgehead atoms. The topological polar surface area (TPSA) is 50.7 Å². The first kappa shape index (κ1) is 12.5. The van der Waals surface area contributed by atoms with Gasteiger partial charge in [-0.3, -0.25) is 4.98 Å². The van der Waals surface area contributed by atoms with E-state index in [9.17, 15) is 0 Å². The van der Waals surface area contributed by atoms with Gasteiger partial charge in [0.05, 0.1) is 11.7 Å². The summed E-state index contributed by atoms with van der Waals surface area (Å²) < 4.78 is 0. The van der Waals surface area contributed by atoms with Crippen molar-refractivity contribution < 1.29 is 0 Å². The van der Waals surface area contributed by atoms with Crippen LogP contribution in [0.4, 0.5) is 11.5 Å². The number of hydrogen-bond donors (Lipinski definition) is 1. The van der Waals surface area contributed by atoms with Crippen LogP contribution < -0.4 is 5.32 Å². The summed E-state index contributed by atoms with van der Waals surface area (Å²) in [4.78, 5) is 13.4. The predicted octanol–water partition coefficient (Wildman–Crippen LogP) is 3.89. The lowest BCUT2D eigenvalue weighted by molar-refractivity contribution is 0.784. The molecule has 0 amide bonds. The molecule has 2 heterocycles. The van der Waals surface area contributed by atoms with Gasteiger partial charge in [0.1, 0.15) is 11.6 Å². The lowest BCUT2D eigenvalue weighted by atomic mass is 10.2. The van der Waals surface area contributed by atoms with E-state index in [1.165, 1.54) is 0 Å². The molecule has 3 rings (SSSR count). The Bertz CT molecular complexity index is 723. The zero-order valence-electron chi connectivity index (χ0n) is 11.5. The van der Waals surface area contributed by atoms with Gasteiger partial charge in [0.15, 0.2) is 0 Å². The summed E-state index contributed by atoms with van der Waals surface area (Å²) in [6.07, 6.45) is 3.54. The van der Waals surface area contributed by atoms with Crippen molar-refractivity contribution in [1.29, 1.82) is 0 Å². The minimum absolute atomic E-state index is 0.274. The van der Waals surface area contributed by atoms with Crippen LogP contribution in [0.15, 0.2) is 48.8 Å². The van der Waals surface area contributed by atoms with Crippen LogP contribution in [0.25, 0.3) is 10.9 Å². The second-order valence-electron chi connectivity index (χ2n) is 4.97. The van der Waals surface area contributed by atoms with E-state index in [2.05, 4.69) is 34.1 Å². The summed E-state index contributed by atoms with van der Waals surface area (Å²) in [5.41, 5.74) is 1.88. The van der Waals surface area contributed by atoms with Crippen molar-refractivity contribution in [2.45, 2.75) is 19.8 Å². The highest BCUT2D eigenvalue weighted by molar-refractivity contribution is 5.90. The van der Waals surface area contributed by atoms with Gasteiger partial charge in [0.2, 0.25) is 0 Å². The van der Waals surface area contributed by atoms with Gasteiger partial charge in [0.25, 0.3) is 0 Å². The summed E-state index contributed by atoms with van der Waals surface area (Å²) in [5.74, 6) is 1.92. The van der Waals surface area contributed by atoms with E-state index in [0.29, 0.717) is 0 Å². The van der Waals surface area contributed by atoms with Crippen LogP contribution in [-0.4, -0.2) is 15.0 Å². The normalized spacial score (nSPS) is 10.9. The maximum Gasteiger partial charge on any atom is 0.142 e. The number of nitrogens with one attached hydrogen (secondary N) is 1. The van der Waals surface area contributed by atoms with Crippen LogP contribution in [0.2, 0.25) is 0 Å². The molecule has 1 N–H and O–H groups in total. The lowest BCUT2D eigenvalue weighted by Crippen LogP contribution is -2.03. The molecule has 0 aliphatic heterocycles. The molecule has 0 unspecified atom stereocenters. The van der Waals surface area contributed by atoms with Gasteiger partial charge < -0.3 is 5.32 Å². The minimum Gasteiger partial charge on any atom is -0.340 e. The molecule has 0 spiro atoms. The number of rotatable bonds is 3. The highest BCUT2D eigenvalue weighted by atomic mass is 15.0. The Morgan fingerprint density at radius 2 is 1.80 bits per heavy atom. The minimum atomic E-state index is 0.274. The van der Waals surface area contributed by atoms with Crippen molar-refractivity contribution in [2.24, 2.45) is 0 Å². The molecule has 0 saturated carbocycles. The zero-order chi connectivity index (χ0) is 13.9. The second kappa shape index (κ2) is 5.25. The van der Waals surface area contributed by atoms with E-state index in [-0.39, 0.29) is 5.92 Å². The van der Waals surface area contributed by atoms with Crippen LogP contribution in [0.3, 0.4) is 0 Å². The summed E-state index contributed by atoms with van der Waals surface area (Å²) >= 11 is 0. The van der Waals surface area contributed by atoms with Crippen LogP contribution in [0, 0.1) is 0 Å². The Morgan fingerprint density at radius 3 is 2.55 bits per heavy atom. The quantitative estimate of drug-likeness (QED) is 0.779. The molecule has 100 valence electrons. The van der Waals surface area contributed by atoms with Crippen LogP contribution in [0.1, 0.15) is 25.6 Å². The summed E-state index contributed by atoms with van der Waals surface area (Å²) in [7, 11) is 0. The van der Waals surface area contributed by atoms with Gasteiger partial charge in [-0.1, -0.05) is 32.0 Å². The highest BCUT2D eigenvalue weighted by Crippen LogP contribution is 2.25. The Labute approximate surface area is 117 Å². The molecule has 4 nitrogen and oxygen atoms in total. The maximum absolute atomic E-state index is 4.65. The van der Waals surface area contributed by atoms with Gasteiger partial charge in [-0.2, -0.15) is 0 Å². The summed E-state index contributed by atoms with van der Waals surface area (Å²) in [6, 6.07) is 12.0. The fraction of sp³-hybridized carbons (Fsp3) is 0.188. The van der Waals surface area contributed by atoms with Crippen molar-refractivity contribution in [3.8, 4) is 0 Å². The molecule has 0 saturated heterocycles. The third-order valence-electron chi connectivity index (χ3n) is 3.07. The first-order valence-electron chi connectivity index (χ1n) is 6.68. The van der Waals surface area contributed by atoms with Gasteiger partial charge in [-0.05, 0) is 18.2 Å². The number of anilines is 2. The average Bonchev–Trinajstić information content (AvgIpc) is 2.48. The third-order valence-corrected chi connectivity index (χ3v) is 3.07. The van der Waals surface area contributed by atoms with E-state index in [0.717, 1.165) is 28.2 Å². The van der Waals surface area contributed by atoms with Gasteiger partial charge in [-0.15, -0.1) is 0 Å². The predicted molar refractivity (Wildman–Crippen MR) is 81.1 cm³/mol. The Morgan fingerprint density at radius 1 is 1.00 bits per heavy atom. The fourth-order valence-corrected chi connectivity index (χ4v) is 2.01. The molecule has 2 aromatic heterocycles. The number of benzene rings is 1. The van der Waals surface area contributed by atoms with Crippen LogP contribution in [-0.2, 0) is 0 Å². The molecule has 20 heavy (non-hydrogen) atoms. The van der Waals surface area contributed by atoms with Crippen molar-refractivity contribution in [2.75, 3.05) is 5.32 Å². The molecule has 0 fully saturated rings. The van der Waals surface area contributed by atoms with E-state index >= 15 is 0 Å². The first-order valence-corrected chi connectivity index (χ1v) is 6.68. The number of fused-ring (bicyclic) bond motifs is 1. The molecule has 1 aromatic carbocycles. The Balaban J connectivity index is 2.12. The van der Waals surface area contributed by atoms with Gasteiger partial charge in [-0.25, -0.2) is 9.97 Å². The number of para-hydroxylation sites is 1. The van der Waals surface area contributed by atoms with E-state index in [1.54, 1.807) is 12.4 Å². The second-order valence-corrected chi connectivity index (χ2v) is 4.97. The van der Waals surface area contributed by atoms with E-state index in [4.69, 9.17) is 0 Å². The largest absolute Gasteiger partial charge is 0.340 e. The van der Waals surface area contributed by atoms with Crippen molar-refractivity contribution in [3.63, 3.8) is 0 Å². The number of pyridine rings is 1. The average molecular weight is 264 g/mol. The molecule has 0 atom stereocenters. The summed E-state index contributed by atoms with van der Waals surface area (Å²) in [6.45, 7) is 4.17. The molecule has 0 aliphatic rings. The van der Waals surface area contributed by atoms with Crippen LogP contribution >= 0.6 is 0 Å². The monoisotopic (exact) mass is 264 g/mol. The van der Waals surface area contributed by atoms with E-state index < -0.39 is 0 Å². The standard InChI is InChI=1S/C16H16N4/c1-11(2)15-19-14-10-17-9-8-13(14)16(20-15)18-12-6-4-3-5-7-12/h3-11H,1-2H3,(H,18,19,20). The molecular weight excluding hydrogens is 248 g/mol. The van der Waals surface area contributed by atoms with Gasteiger partial charge in [0, 0.05) is 23.2 Å². The molecule has 3 aromatic rings. The number of aromatic nitrogens is 3. The fourth-order valence-electron chi connectivity index (χ4n) is 2.01. The molecule has 0 aliphatic carbocycles. The zero-order valence-corrected chi connectivity index (χ0v) is 11.5. The Hall–Kier alpha value is -2.49. The number of nitrogens with zero attached hydrogens (tertiary/aromatic N) is 3. The lowest BCUT2D eigenvalue weighted by Gasteiger charge is -2.12. The molecule has 4 heteroatoms. The summed E-state index contributed by atoms with van der Waals surface area (Å²) in [5, 5.41) is 4.34. The van der Waals surface area contributed by atoms with Crippen LogP contribution in [0.5, 0.6) is 0 Å². The van der Waals surface area contributed by atoms with Crippen molar-refractivity contribution >= 4 is 22.4 Å². The highest BCUT2D eigenvalue weighted by Gasteiger charge is 2.10. The third kappa shape index (κ3) is 2.45.